The largest absolute Gasteiger partial charge is 0.352 e. The fourth-order valence-electron chi connectivity index (χ4n) is 3.30. The molecule has 0 amide bonds. The second-order valence-electron chi connectivity index (χ2n) is 6.43. The van der Waals surface area contributed by atoms with Crippen LogP contribution < -0.4 is 4.72 Å². The number of rotatable bonds is 10. The molecule has 1 N–H and O–H groups in total. The van der Waals surface area contributed by atoms with Crippen LogP contribution in [0.25, 0.3) is 10.6 Å². The molecule has 1 fully saturated rings. The zero-order valence-electron chi connectivity index (χ0n) is 15.8. The van der Waals surface area contributed by atoms with Crippen molar-refractivity contribution in [2.45, 2.75) is 56.8 Å². The average Bonchev–Trinajstić information content (AvgIpc) is 3.40. The van der Waals surface area contributed by atoms with E-state index in [0.717, 1.165) is 30.6 Å². The van der Waals surface area contributed by atoms with Gasteiger partial charge in [-0.25, -0.2) is 13.1 Å². The predicted octanol–water partition coefficient (Wildman–Crippen LogP) is 3.40. The van der Waals surface area contributed by atoms with E-state index in [1.54, 1.807) is 6.20 Å². The molecule has 2 heterocycles. The molecule has 0 aliphatic heterocycles. The van der Waals surface area contributed by atoms with Crippen LogP contribution in [0.4, 0.5) is 0 Å². The summed E-state index contributed by atoms with van der Waals surface area (Å²) < 4.78 is 41.4. The van der Waals surface area contributed by atoms with Crippen LogP contribution in [0.5, 0.6) is 0 Å². The van der Waals surface area contributed by atoms with E-state index in [4.69, 9.17) is 9.47 Å². The molecule has 9 heteroatoms. The molecule has 27 heavy (non-hydrogen) atoms. The zero-order valence-corrected chi connectivity index (χ0v) is 17.4. The Kier molecular flexibility index (Phi) is 7.04. The molecule has 150 valence electrons. The topological polar surface area (TPSA) is 82.5 Å². The van der Waals surface area contributed by atoms with Crippen molar-refractivity contribution in [3.05, 3.63) is 23.7 Å². The van der Waals surface area contributed by atoms with Gasteiger partial charge in [-0.2, -0.15) is 5.10 Å². The zero-order chi connectivity index (χ0) is 19.3. The van der Waals surface area contributed by atoms with E-state index >= 15 is 0 Å². The first-order chi connectivity index (χ1) is 13.0. The van der Waals surface area contributed by atoms with Gasteiger partial charge in [-0.05, 0) is 38.1 Å². The average molecular weight is 414 g/mol. The lowest BCUT2D eigenvalue weighted by Crippen LogP contribution is -2.35. The van der Waals surface area contributed by atoms with Gasteiger partial charge in [0.15, 0.2) is 6.29 Å². The Bertz CT molecular complexity index is 806. The van der Waals surface area contributed by atoms with Crippen LogP contribution in [0.3, 0.4) is 0 Å². The molecular weight excluding hydrogens is 386 g/mol. The van der Waals surface area contributed by atoms with Crippen molar-refractivity contribution in [3.63, 3.8) is 0 Å². The van der Waals surface area contributed by atoms with Gasteiger partial charge in [-0.3, -0.25) is 4.68 Å². The van der Waals surface area contributed by atoms with Crippen LogP contribution in [0.2, 0.25) is 0 Å². The molecule has 0 aromatic carbocycles. The Hall–Kier alpha value is -1.26. The van der Waals surface area contributed by atoms with Gasteiger partial charge in [0, 0.05) is 19.4 Å². The molecule has 7 nitrogen and oxygen atoms in total. The van der Waals surface area contributed by atoms with Crippen molar-refractivity contribution < 1.29 is 17.9 Å². The van der Waals surface area contributed by atoms with E-state index in [0.29, 0.717) is 18.9 Å². The Labute approximate surface area is 164 Å². The summed E-state index contributed by atoms with van der Waals surface area (Å²) in [5.41, 5.74) is 0.508. The van der Waals surface area contributed by atoms with Crippen LogP contribution in [-0.2, 0) is 19.5 Å². The number of sulfonamides is 1. The molecule has 2 aromatic heterocycles. The second-order valence-corrected chi connectivity index (χ2v) is 9.11. The van der Waals surface area contributed by atoms with Gasteiger partial charge in [0.2, 0.25) is 10.0 Å². The van der Waals surface area contributed by atoms with Crippen LogP contribution in [0.15, 0.2) is 28.6 Å². The monoisotopic (exact) mass is 413 g/mol. The number of nitrogens with one attached hydrogen (secondary N) is 1. The quantitative estimate of drug-likeness (QED) is 0.604. The molecule has 0 bridgehead atoms. The summed E-state index contributed by atoms with van der Waals surface area (Å²) in [6.45, 7) is 4.66. The molecule has 2 aromatic rings. The third kappa shape index (κ3) is 4.97. The lowest BCUT2D eigenvalue weighted by Gasteiger charge is -2.17. The number of nitrogens with zero attached hydrogens (tertiary/aromatic N) is 2. The van der Waals surface area contributed by atoms with Gasteiger partial charge in [-0.1, -0.05) is 18.9 Å². The van der Waals surface area contributed by atoms with Gasteiger partial charge in [0.1, 0.15) is 10.6 Å². The highest BCUT2D eigenvalue weighted by molar-refractivity contribution is 7.89. The number of hydrogen-bond acceptors (Lipinski definition) is 6. The van der Waals surface area contributed by atoms with Gasteiger partial charge < -0.3 is 9.47 Å². The third-order valence-electron chi connectivity index (χ3n) is 4.59. The number of ether oxygens (including phenoxy) is 2. The lowest BCUT2D eigenvalue weighted by atomic mass is 10.3. The predicted molar refractivity (Wildman–Crippen MR) is 105 cm³/mol. The van der Waals surface area contributed by atoms with Gasteiger partial charge in [0.25, 0.3) is 0 Å². The highest BCUT2D eigenvalue weighted by Crippen LogP contribution is 2.34. The Morgan fingerprint density at radius 3 is 2.59 bits per heavy atom. The minimum Gasteiger partial charge on any atom is -0.352 e. The van der Waals surface area contributed by atoms with Crippen molar-refractivity contribution in [1.82, 2.24) is 14.5 Å². The van der Waals surface area contributed by atoms with E-state index in [1.165, 1.54) is 11.3 Å². The van der Waals surface area contributed by atoms with E-state index in [1.807, 2.05) is 36.0 Å². The Morgan fingerprint density at radius 2 is 2.00 bits per heavy atom. The van der Waals surface area contributed by atoms with Crippen LogP contribution in [0, 0.1) is 0 Å². The van der Waals surface area contributed by atoms with Crippen LogP contribution in [0.1, 0.15) is 45.6 Å². The molecule has 1 aliphatic rings. The van der Waals surface area contributed by atoms with Crippen molar-refractivity contribution in [2.24, 2.45) is 0 Å². The maximum Gasteiger partial charge on any atom is 0.244 e. The second kappa shape index (κ2) is 9.29. The summed E-state index contributed by atoms with van der Waals surface area (Å²) in [5, 5.41) is 6.57. The maximum atomic E-state index is 13.0. The van der Waals surface area contributed by atoms with Crippen molar-refractivity contribution in [3.8, 4) is 10.6 Å². The van der Waals surface area contributed by atoms with Crippen LogP contribution >= 0.6 is 11.3 Å². The Balaban J connectivity index is 1.86. The number of hydrogen-bond donors (Lipinski definition) is 1. The van der Waals surface area contributed by atoms with Crippen molar-refractivity contribution in [2.75, 3.05) is 19.8 Å². The summed E-state index contributed by atoms with van der Waals surface area (Å²) in [5.74, 6) is 0. The molecule has 0 spiro atoms. The van der Waals surface area contributed by atoms with E-state index in [9.17, 15) is 8.42 Å². The first kappa shape index (κ1) is 20.5. The minimum atomic E-state index is -3.74. The van der Waals surface area contributed by atoms with E-state index < -0.39 is 16.3 Å². The smallest absolute Gasteiger partial charge is 0.244 e. The SMILES string of the molecule is CCOC(CNS(=O)(=O)c1cn(C2CCCC2)nc1-c1cccs1)OCC. The maximum absolute atomic E-state index is 13.0. The van der Waals surface area contributed by atoms with Crippen molar-refractivity contribution >= 4 is 21.4 Å². The van der Waals surface area contributed by atoms with Gasteiger partial charge >= 0.3 is 0 Å². The standard InChI is InChI=1S/C18H27N3O4S2/c1-3-24-17(25-4-2)12-19-27(22,23)16-13-21(14-8-5-6-9-14)20-18(16)15-10-7-11-26-15/h7,10-11,13-14,17,19H,3-6,8-9,12H2,1-2H3. The third-order valence-corrected chi connectivity index (χ3v) is 6.89. The molecule has 0 unspecified atom stereocenters. The summed E-state index contributed by atoms with van der Waals surface area (Å²) in [6.07, 6.45) is 5.45. The number of aromatic nitrogens is 2. The lowest BCUT2D eigenvalue weighted by molar-refractivity contribution is -0.130. The molecule has 3 rings (SSSR count). The summed E-state index contributed by atoms with van der Waals surface area (Å²) in [6, 6.07) is 4.07. The van der Waals surface area contributed by atoms with E-state index in [-0.39, 0.29) is 17.5 Å². The Morgan fingerprint density at radius 1 is 1.30 bits per heavy atom. The molecule has 0 saturated heterocycles. The van der Waals surface area contributed by atoms with Gasteiger partial charge in [-0.15, -0.1) is 11.3 Å². The summed E-state index contributed by atoms with van der Waals surface area (Å²) in [7, 11) is -3.74. The fraction of sp³-hybridized carbons (Fsp3) is 0.611. The number of thiophene rings is 1. The summed E-state index contributed by atoms with van der Waals surface area (Å²) >= 11 is 1.49. The molecule has 0 radical (unpaired) electrons. The first-order valence-corrected chi connectivity index (χ1v) is 11.8. The normalized spacial score (nSPS) is 15.8. The van der Waals surface area contributed by atoms with E-state index in [2.05, 4.69) is 9.82 Å². The van der Waals surface area contributed by atoms with Crippen LogP contribution in [-0.4, -0.2) is 44.2 Å². The highest BCUT2D eigenvalue weighted by atomic mass is 32.2. The van der Waals surface area contributed by atoms with Crippen molar-refractivity contribution in [1.29, 1.82) is 0 Å². The summed E-state index contributed by atoms with van der Waals surface area (Å²) in [4.78, 5) is 1.06. The highest BCUT2D eigenvalue weighted by Gasteiger charge is 2.28. The first-order valence-electron chi connectivity index (χ1n) is 9.41. The minimum absolute atomic E-state index is 0.0580. The molecular formula is C18H27N3O4S2. The molecule has 0 atom stereocenters. The fourth-order valence-corrected chi connectivity index (χ4v) is 5.26. The van der Waals surface area contributed by atoms with Gasteiger partial charge in [0.05, 0.1) is 17.5 Å². The molecule has 1 aliphatic carbocycles. The molecule has 1 saturated carbocycles.